The smallest absolute Gasteiger partial charge is 0.333 e. The molecule has 0 radical (unpaired) electrons. The molecule has 2 rings (SSSR count). The number of carbonyl (C=O) groups is 3. The number of rotatable bonds is 9. The highest BCUT2D eigenvalue weighted by atomic mass is 35.5. The van der Waals surface area contributed by atoms with Crippen LogP contribution in [-0.2, 0) is 21.4 Å². The number of hydrogen-bond donors (Lipinski definition) is 3. The fourth-order valence-electron chi connectivity index (χ4n) is 2.71. The van der Waals surface area contributed by atoms with E-state index in [1.54, 1.807) is 0 Å². The van der Waals surface area contributed by atoms with Crippen LogP contribution in [0.3, 0.4) is 0 Å². The standard InChI is InChI=1S/C20H20ClN5O6S/c1-2-33(30,31)26(20(24)29)16-7-14(6-15(21)8-16)19(28)25-10-13-4-3-12(9-22)5-17(13)32-11-18(23)27/h3-8H,2,10-11H2,1H3,(H2,23,27)(H2,24,29)(H,25,28). The van der Waals surface area contributed by atoms with Crippen molar-refractivity contribution in [2.45, 2.75) is 13.5 Å². The van der Waals surface area contributed by atoms with Gasteiger partial charge in [0.15, 0.2) is 6.61 Å². The molecular formula is C20H20ClN5O6S. The number of halogens is 1. The van der Waals surface area contributed by atoms with E-state index in [-0.39, 0.29) is 34.1 Å². The Morgan fingerprint density at radius 1 is 1.18 bits per heavy atom. The topological polar surface area (TPSA) is 186 Å². The molecule has 0 aromatic heterocycles. The predicted molar refractivity (Wildman–Crippen MR) is 120 cm³/mol. The van der Waals surface area contributed by atoms with Gasteiger partial charge in [0.25, 0.3) is 11.8 Å². The molecule has 0 saturated heterocycles. The van der Waals surface area contributed by atoms with Crippen LogP contribution in [0.25, 0.3) is 0 Å². The van der Waals surface area contributed by atoms with Crippen LogP contribution in [0.4, 0.5) is 10.5 Å². The molecule has 0 aliphatic rings. The Balaban J connectivity index is 2.31. The fraction of sp³-hybridized carbons (Fsp3) is 0.200. The van der Waals surface area contributed by atoms with Crippen molar-refractivity contribution in [3.63, 3.8) is 0 Å². The van der Waals surface area contributed by atoms with Gasteiger partial charge in [0.05, 0.1) is 23.1 Å². The van der Waals surface area contributed by atoms with E-state index in [0.29, 0.717) is 9.87 Å². The Morgan fingerprint density at radius 2 is 1.88 bits per heavy atom. The lowest BCUT2D eigenvalue weighted by Crippen LogP contribution is -2.41. The van der Waals surface area contributed by atoms with Crippen molar-refractivity contribution in [3.05, 3.63) is 58.1 Å². The minimum atomic E-state index is -4.06. The highest BCUT2D eigenvalue weighted by molar-refractivity contribution is 7.93. The van der Waals surface area contributed by atoms with Gasteiger partial charge in [0, 0.05) is 22.7 Å². The van der Waals surface area contributed by atoms with Gasteiger partial charge < -0.3 is 21.5 Å². The maximum absolute atomic E-state index is 12.7. The van der Waals surface area contributed by atoms with Crippen LogP contribution in [0, 0.1) is 11.3 Å². The number of anilines is 1. The Hall–Kier alpha value is -3.82. The number of hydrogen-bond acceptors (Lipinski definition) is 7. The molecule has 13 heteroatoms. The molecule has 0 aliphatic heterocycles. The highest BCUT2D eigenvalue weighted by Gasteiger charge is 2.27. The van der Waals surface area contributed by atoms with E-state index in [2.05, 4.69) is 5.32 Å². The molecule has 2 aromatic carbocycles. The summed E-state index contributed by atoms with van der Waals surface area (Å²) in [6.07, 6.45) is 0. The van der Waals surface area contributed by atoms with Crippen molar-refractivity contribution < 1.29 is 27.5 Å². The molecular weight excluding hydrogens is 474 g/mol. The molecule has 0 unspecified atom stereocenters. The van der Waals surface area contributed by atoms with Crippen LogP contribution in [0.1, 0.15) is 28.4 Å². The second-order valence-corrected chi connectivity index (χ2v) is 9.12. The van der Waals surface area contributed by atoms with Crippen molar-refractivity contribution in [1.29, 1.82) is 5.26 Å². The molecule has 0 spiro atoms. The highest BCUT2D eigenvalue weighted by Crippen LogP contribution is 2.26. The lowest BCUT2D eigenvalue weighted by Gasteiger charge is -2.20. The number of amides is 4. The largest absolute Gasteiger partial charge is 0.483 e. The third kappa shape index (κ3) is 6.58. The first-order valence-corrected chi connectivity index (χ1v) is 11.3. The van der Waals surface area contributed by atoms with Gasteiger partial charge in [-0.1, -0.05) is 17.7 Å². The number of nitriles is 1. The quantitative estimate of drug-likeness (QED) is 0.468. The first-order chi connectivity index (χ1) is 15.5. The number of nitrogens with one attached hydrogen (secondary N) is 1. The summed E-state index contributed by atoms with van der Waals surface area (Å²) in [4.78, 5) is 35.5. The zero-order valence-corrected chi connectivity index (χ0v) is 18.9. The third-order valence-corrected chi connectivity index (χ3v) is 6.12. The van der Waals surface area contributed by atoms with Crippen LogP contribution in [-0.4, -0.2) is 38.6 Å². The first kappa shape index (κ1) is 25.4. The number of urea groups is 1. The minimum absolute atomic E-state index is 0.000873. The summed E-state index contributed by atoms with van der Waals surface area (Å²) in [6, 6.07) is 8.72. The van der Waals surface area contributed by atoms with E-state index < -0.39 is 40.2 Å². The Morgan fingerprint density at radius 3 is 2.45 bits per heavy atom. The maximum atomic E-state index is 12.7. The minimum Gasteiger partial charge on any atom is -0.483 e. The number of primary amides is 2. The number of benzene rings is 2. The summed E-state index contributed by atoms with van der Waals surface area (Å²) < 4.78 is 30.2. The molecule has 33 heavy (non-hydrogen) atoms. The summed E-state index contributed by atoms with van der Waals surface area (Å²) in [5, 5.41) is 11.6. The van der Waals surface area contributed by atoms with Gasteiger partial charge in [-0.15, -0.1) is 0 Å². The van der Waals surface area contributed by atoms with Crippen molar-refractivity contribution in [2.75, 3.05) is 16.7 Å². The van der Waals surface area contributed by atoms with E-state index in [0.717, 1.165) is 6.07 Å². The van der Waals surface area contributed by atoms with Crippen molar-refractivity contribution in [3.8, 4) is 11.8 Å². The zero-order chi connectivity index (χ0) is 24.8. The Labute approximate surface area is 194 Å². The normalized spacial score (nSPS) is 10.7. The van der Waals surface area contributed by atoms with Gasteiger partial charge in [0.1, 0.15) is 5.75 Å². The van der Waals surface area contributed by atoms with Crippen molar-refractivity contribution >= 4 is 45.2 Å². The number of nitrogens with zero attached hydrogens (tertiary/aromatic N) is 2. The van der Waals surface area contributed by atoms with E-state index >= 15 is 0 Å². The molecule has 11 nitrogen and oxygen atoms in total. The molecule has 0 bridgehead atoms. The van der Waals surface area contributed by atoms with Crippen LogP contribution in [0.15, 0.2) is 36.4 Å². The second kappa shape index (κ2) is 10.7. The molecule has 0 atom stereocenters. The van der Waals surface area contributed by atoms with Gasteiger partial charge in [-0.05, 0) is 37.3 Å². The number of carbonyl (C=O) groups excluding carboxylic acids is 3. The molecule has 5 N–H and O–H groups in total. The van der Waals surface area contributed by atoms with Gasteiger partial charge in [0.2, 0.25) is 10.0 Å². The van der Waals surface area contributed by atoms with Gasteiger partial charge in [-0.3, -0.25) is 9.59 Å². The number of nitrogens with two attached hydrogens (primary N) is 2. The molecule has 174 valence electrons. The maximum Gasteiger partial charge on any atom is 0.333 e. The van der Waals surface area contributed by atoms with E-state index in [1.165, 1.54) is 37.3 Å². The summed E-state index contributed by atoms with van der Waals surface area (Å²) in [7, 11) is -4.06. The summed E-state index contributed by atoms with van der Waals surface area (Å²) in [6.45, 7) is 0.828. The number of ether oxygens (including phenoxy) is 1. The van der Waals surface area contributed by atoms with Crippen molar-refractivity contribution in [1.82, 2.24) is 5.32 Å². The van der Waals surface area contributed by atoms with Gasteiger partial charge in [-0.25, -0.2) is 13.2 Å². The number of sulfonamides is 1. The zero-order valence-electron chi connectivity index (χ0n) is 17.4. The monoisotopic (exact) mass is 493 g/mol. The first-order valence-electron chi connectivity index (χ1n) is 9.33. The van der Waals surface area contributed by atoms with E-state index in [4.69, 9.17) is 33.1 Å². The lowest BCUT2D eigenvalue weighted by molar-refractivity contribution is -0.119. The van der Waals surface area contributed by atoms with Crippen LogP contribution in [0.2, 0.25) is 5.02 Å². The van der Waals surface area contributed by atoms with Gasteiger partial charge >= 0.3 is 6.03 Å². The summed E-state index contributed by atoms with van der Waals surface area (Å²) in [5.74, 6) is -1.60. The van der Waals surface area contributed by atoms with E-state index in [1.807, 2.05) is 6.07 Å². The van der Waals surface area contributed by atoms with Crippen LogP contribution >= 0.6 is 11.6 Å². The van der Waals surface area contributed by atoms with Crippen LogP contribution in [0.5, 0.6) is 5.75 Å². The fourth-order valence-corrected chi connectivity index (χ4v) is 3.90. The predicted octanol–water partition coefficient (Wildman–Crippen LogP) is 1.24. The molecule has 0 saturated carbocycles. The average Bonchev–Trinajstić information content (AvgIpc) is 2.75. The molecule has 4 amide bonds. The van der Waals surface area contributed by atoms with Crippen molar-refractivity contribution in [2.24, 2.45) is 11.5 Å². The molecule has 0 fully saturated rings. The second-order valence-electron chi connectivity index (χ2n) is 6.57. The molecule has 0 heterocycles. The SMILES string of the molecule is CCS(=O)(=O)N(C(N)=O)c1cc(Cl)cc(C(=O)NCc2ccc(C#N)cc2OCC(N)=O)c1. The Bertz CT molecular complexity index is 1240. The Kier molecular flexibility index (Phi) is 8.22. The summed E-state index contributed by atoms with van der Waals surface area (Å²) >= 11 is 6.03. The lowest BCUT2D eigenvalue weighted by atomic mass is 10.1. The third-order valence-electron chi connectivity index (χ3n) is 4.23. The summed E-state index contributed by atoms with van der Waals surface area (Å²) in [5.41, 5.74) is 10.8. The average molecular weight is 494 g/mol. The van der Waals surface area contributed by atoms with Gasteiger partial charge in [-0.2, -0.15) is 9.57 Å². The van der Waals surface area contributed by atoms with Crippen LogP contribution < -0.4 is 25.8 Å². The molecule has 2 aromatic rings. The van der Waals surface area contributed by atoms with E-state index in [9.17, 15) is 22.8 Å². The molecule has 0 aliphatic carbocycles.